The number of carbonyl (C=O) groups excluding carboxylic acids is 1. The molecule has 5 nitrogen and oxygen atoms in total. The van der Waals surface area contributed by atoms with Crippen molar-refractivity contribution in [3.05, 3.63) is 35.6 Å². The lowest BCUT2D eigenvalue weighted by Crippen LogP contribution is -2.40. The fourth-order valence-electron chi connectivity index (χ4n) is 1.86. The van der Waals surface area contributed by atoms with Crippen LogP contribution in [-0.4, -0.2) is 34.4 Å². The second-order valence-electron chi connectivity index (χ2n) is 4.79. The van der Waals surface area contributed by atoms with Crippen molar-refractivity contribution in [1.82, 2.24) is 4.90 Å². The van der Waals surface area contributed by atoms with Gasteiger partial charge in [0.2, 0.25) is 5.91 Å². The van der Waals surface area contributed by atoms with Gasteiger partial charge in [0.1, 0.15) is 11.7 Å². The number of benzene rings is 1. The Bertz CT molecular complexity index is 489. The summed E-state index contributed by atoms with van der Waals surface area (Å²) in [5.41, 5.74) is 5.77. The maximum absolute atomic E-state index is 13.5. The van der Waals surface area contributed by atoms with Crippen LogP contribution in [0.4, 0.5) is 4.39 Å². The molecule has 0 unspecified atom stereocenters. The Balaban J connectivity index is 2.72. The Morgan fingerprint density at radius 3 is 2.65 bits per heavy atom. The van der Waals surface area contributed by atoms with E-state index in [1.165, 1.54) is 6.07 Å². The van der Waals surface area contributed by atoms with E-state index in [0.29, 0.717) is 12.1 Å². The van der Waals surface area contributed by atoms with E-state index in [0.717, 1.165) is 0 Å². The molecule has 0 heterocycles. The molecule has 1 rings (SSSR count). The molecule has 1 aromatic carbocycles. The lowest BCUT2D eigenvalue weighted by Gasteiger charge is -2.26. The highest BCUT2D eigenvalue weighted by atomic mass is 19.1. The molecule has 0 aliphatic carbocycles. The topological polar surface area (TPSA) is 78.9 Å². The summed E-state index contributed by atoms with van der Waals surface area (Å²) in [5, 5.41) is 11.4. The SMILES string of the molecule is CC(C)N(CCC(N)=NO)C(=O)Cc1ccccc1F. The quantitative estimate of drug-likeness (QED) is 0.361. The minimum absolute atomic E-state index is 0.00102. The molecule has 0 saturated heterocycles. The number of amides is 1. The van der Waals surface area contributed by atoms with Crippen molar-refractivity contribution >= 4 is 11.7 Å². The van der Waals surface area contributed by atoms with Crippen molar-refractivity contribution < 1.29 is 14.4 Å². The summed E-state index contributed by atoms with van der Waals surface area (Å²) in [5.74, 6) is -0.508. The number of halogens is 1. The summed E-state index contributed by atoms with van der Waals surface area (Å²) in [4.78, 5) is 13.8. The van der Waals surface area contributed by atoms with Crippen molar-refractivity contribution in [2.45, 2.75) is 32.7 Å². The molecular formula is C14H20FN3O2. The van der Waals surface area contributed by atoms with Gasteiger partial charge >= 0.3 is 0 Å². The van der Waals surface area contributed by atoms with Gasteiger partial charge in [0.25, 0.3) is 0 Å². The first-order valence-electron chi connectivity index (χ1n) is 6.45. The van der Waals surface area contributed by atoms with Crippen LogP contribution in [0.5, 0.6) is 0 Å². The predicted molar refractivity (Wildman–Crippen MR) is 75.0 cm³/mol. The minimum Gasteiger partial charge on any atom is -0.409 e. The lowest BCUT2D eigenvalue weighted by molar-refractivity contribution is -0.132. The molecule has 0 atom stereocenters. The summed E-state index contributed by atoms with van der Waals surface area (Å²) in [6.45, 7) is 4.07. The average Bonchev–Trinajstić information content (AvgIpc) is 2.41. The van der Waals surface area contributed by atoms with Crippen molar-refractivity contribution in [3.63, 3.8) is 0 Å². The van der Waals surface area contributed by atoms with E-state index >= 15 is 0 Å². The first-order chi connectivity index (χ1) is 9.45. The number of rotatable bonds is 6. The zero-order chi connectivity index (χ0) is 15.1. The average molecular weight is 281 g/mol. The van der Waals surface area contributed by atoms with Gasteiger partial charge in [0, 0.05) is 19.0 Å². The number of amidine groups is 1. The van der Waals surface area contributed by atoms with E-state index in [9.17, 15) is 9.18 Å². The van der Waals surface area contributed by atoms with Crippen molar-refractivity contribution in [1.29, 1.82) is 0 Å². The minimum atomic E-state index is -0.388. The zero-order valence-corrected chi connectivity index (χ0v) is 11.7. The van der Waals surface area contributed by atoms with Gasteiger partial charge in [0.15, 0.2) is 0 Å². The van der Waals surface area contributed by atoms with Crippen LogP contribution in [0.2, 0.25) is 0 Å². The second-order valence-corrected chi connectivity index (χ2v) is 4.79. The molecule has 0 bridgehead atoms. The van der Waals surface area contributed by atoms with Crippen LogP contribution in [0.25, 0.3) is 0 Å². The van der Waals surface area contributed by atoms with Gasteiger partial charge in [-0.2, -0.15) is 0 Å². The third-order valence-electron chi connectivity index (χ3n) is 2.98. The maximum Gasteiger partial charge on any atom is 0.227 e. The highest BCUT2D eigenvalue weighted by Gasteiger charge is 2.18. The monoisotopic (exact) mass is 281 g/mol. The summed E-state index contributed by atoms with van der Waals surface area (Å²) in [6.07, 6.45) is 0.277. The maximum atomic E-state index is 13.5. The van der Waals surface area contributed by atoms with E-state index in [1.54, 1.807) is 23.1 Å². The summed E-state index contributed by atoms with van der Waals surface area (Å²) in [7, 11) is 0. The molecule has 6 heteroatoms. The van der Waals surface area contributed by atoms with Crippen LogP contribution in [0.1, 0.15) is 25.8 Å². The Morgan fingerprint density at radius 1 is 1.45 bits per heavy atom. The fraction of sp³-hybridized carbons (Fsp3) is 0.429. The summed E-state index contributed by atoms with van der Waals surface area (Å²) < 4.78 is 13.5. The van der Waals surface area contributed by atoms with Crippen LogP contribution in [0.15, 0.2) is 29.4 Å². The first-order valence-corrected chi connectivity index (χ1v) is 6.45. The largest absolute Gasteiger partial charge is 0.409 e. The highest BCUT2D eigenvalue weighted by Crippen LogP contribution is 2.10. The highest BCUT2D eigenvalue weighted by molar-refractivity contribution is 5.82. The third kappa shape index (κ3) is 4.53. The summed E-state index contributed by atoms with van der Waals surface area (Å²) in [6, 6.07) is 6.17. The molecule has 110 valence electrons. The van der Waals surface area contributed by atoms with Gasteiger partial charge in [-0.3, -0.25) is 4.79 Å². The first kappa shape index (κ1) is 15.9. The molecule has 0 saturated carbocycles. The molecule has 0 radical (unpaired) electrons. The number of hydrogen-bond donors (Lipinski definition) is 2. The molecule has 0 spiro atoms. The molecule has 0 fully saturated rings. The van der Waals surface area contributed by atoms with Gasteiger partial charge in [-0.1, -0.05) is 23.4 Å². The van der Waals surface area contributed by atoms with Crippen molar-refractivity contribution in [2.24, 2.45) is 10.9 Å². The number of nitrogens with zero attached hydrogens (tertiary/aromatic N) is 2. The molecule has 20 heavy (non-hydrogen) atoms. The molecule has 0 aliphatic heterocycles. The van der Waals surface area contributed by atoms with Crippen LogP contribution >= 0.6 is 0 Å². The van der Waals surface area contributed by atoms with Crippen molar-refractivity contribution in [2.75, 3.05) is 6.54 Å². The Hall–Kier alpha value is -2.11. The van der Waals surface area contributed by atoms with Crippen LogP contribution < -0.4 is 5.73 Å². The van der Waals surface area contributed by atoms with Crippen LogP contribution in [0, 0.1) is 5.82 Å². The molecule has 0 aromatic heterocycles. The van der Waals surface area contributed by atoms with E-state index < -0.39 is 0 Å². The van der Waals surface area contributed by atoms with Crippen molar-refractivity contribution in [3.8, 4) is 0 Å². The number of oxime groups is 1. The predicted octanol–water partition coefficient (Wildman–Crippen LogP) is 1.74. The molecule has 3 N–H and O–H groups in total. The molecule has 1 aromatic rings. The van der Waals surface area contributed by atoms with E-state index in [2.05, 4.69) is 5.16 Å². The Morgan fingerprint density at radius 2 is 2.10 bits per heavy atom. The Labute approximate surface area is 117 Å². The third-order valence-corrected chi connectivity index (χ3v) is 2.98. The van der Waals surface area contributed by atoms with Crippen LogP contribution in [0.3, 0.4) is 0 Å². The number of hydrogen-bond acceptors (Lipinski definition) is 3. The molecule has 1 amide bonds. The van der Waals surface area contributed by atoms with Crippen LogP contribution in [-0.2, 0) is 11.2 Å². The van der Waals surface area contributed by atoms with Gasteiger partial charge in [0.05, 0.1) is 6.42 Å². The number of nitrogens with two attached hydrogens (primary N) is 1. The van der Waals surface area contributed by atoms with Gasteiger partial charge in [-0.05, 0) is 25.5 Å². The van der Waals surface area contributed by atoms with Gasteiger partial charge < -0.3 is 15.8 Å². The summed E-state index contributed by atoms with van der Waals surface area (Å²) >= 11 is 0. The van der Waals surface area contributed by atoms with Gasteiger partial charge in [-0.25, -0.2) is 4.39 Å². The smallest absolute Gasteiger partial charge is 0.227 e. The normalized spacial score (nSPS) is 11.7. The lowest BCUT2D eigenvalue weighted by atomic mass is 10.1. The fourth-order valence-corrected chi connectivity index (χ4v) is 1.86. The molecular weight excluding hydrogens is 261 g/mol. The van der Waals surface area contributed by atoms with E-state index in [-0.39, 0.29) is 36.4 Å². The second kappa shape index (κ2) is 7.47. The zero-order valence-electron chi connectivity index (χ0n) is 11.7. The standard InChI is InChI=1S/C14H20FN3O2/c1-10(2)18(8-7-13(16)17-20)14(19)9-11-5-3-4-6-12(11)15/h3-6,10,20H,7-9H2,1-2H3,(H2,16,17). The van der Waals surface area contributed by atoms with E-state index in [4.69, 9.17) is 10.9 Å². The van der Waals surface area contributed by atoms with E-state index in [1.807, 2.05) is 13.8 Å². The Kier molecular flexibility index (Phi) is 5.96. The van der Waals surface area contributed by atoms with Gasteiger partial charge in [-0.15, -0.1) is 0 Å². The molecule has 0 aliphatic rings. The number of carbonyl (C=O) groups is 1.